The van der Waals surface area contributed by atoms with Crippen molar-refractivity contribution in [3.8, 4) is 0 Å². The molecular weight excluding hydrogens is 400 g/mol. The van der Waals surface area contributed by atoms with Crippen LogP contribution < -0.4 is 0 Å². The number of aromatic nitrogens is 2. The summed E-state index contributed by atoms with van der Waals surface area (Å²) in [5.74, 6) is -0.925. The summed E-state index contributed by atoms with van der Waals surface area (Å²) in [5, 5.41) is 4.54. The van der Waals surface area contributed by atoms with Crippen molar-refractivity contribution < 1.29 is 14.3 Å². The van der Waals surface area contributed by atoms with Crippen molar-refractivity contribution in [3.63, 3.8) is 0 Å². The van der Waals surface area contributed by atoms with Gasteiger partial charge in [0.15, 0.2) is 12.4 Å². The predicted molar refractivity (Wildman–Crippen MR) is 117 cm³/mol. The van der Waals surface area contributed by atoms with Gasteiger partial charge in [0.05, 0.1) is 12.2 Å². The number of ketones is 1. The molecule has 0 aliphatic carbocycles. The van der Waals surface area contributed by atoms with E-state index in [1.807, 2.05) is 42.5 Å². The van der Waals surface area contributed by atoms with Crippen molar-refractivity contribution in [1.29, 1.82) is 0 Å². The Labute approximate surface area is 181 Å². The first-order chi connectivity index (χ1) is 14.2. The van der Waals surface area contributed by atoms with Crippen LogP contribution in [-0.2, 0) is 16.7 Å². The third-order valence-electron chi connectivity index (χ3n) is 4.85. The molecule has 5 nitrogen and oxygen atoms in total. The Morgan fingerprint density at radius 2 is 1.67 bits per heavy atom. The Bertz CT molecular complexity index is 1050. The van der Waals surface area contributed by atoms with Crippen LogP contribution in [0.3, 0.4) is 0 Å². The highest BCUT2D eigenvalue weighted by Crippen LogP contribution is 2.23. The van der Waals surface area contributed by atoms with Crippen molar-refractivity contribution in [2.75, 3.05) is 6.61 Å². The van der Waals surface area contributed by atoms with Crippen molar-refractivity contribution in [3.05, 3.63) is 87.7 Å². The van der Waals surface area contributed by atoms with Gasteiger partial charge in [0.1, 0.15) is 10.7 Å². The third kappa shape index (κ3) is 4.97. The molecule has 0 saturated carbocycles. The van der Waals surface area contributed by atoms with Gasteiger partial charge in [-0.1, -0.05) is 87.0 Å². The lowest BCUT2D eigenvalue weighted by Gasteiger charge is -2.18. The number of Topliss-reactive ketones (excluding diaryl/α,β-unsaturated/α-hetero) is 1. The van der Waals surface area contributed by atoms with E-state index in [-0.39, 0.29) is 28.5 Å². The second-order valence-corrected chi connectivity index (χ2v) is 8.58. The quantitative estimate of drug-likeness (QED) is 0.401. The van der Waals surface area contributed by atoms with Gasteiger partial charge in [-0.3, -0.25) is 4.79 Å². The lowest BCUT2D eigenvalue weighted by Crippen LogP contribution is -2.16. The zero-order valence-corrected chi connectivity index (χ0v) is 18.4. The molecule has 0 atom stereocenters. The van der Waals surface area contributed by atoms with Crippen molar-refractivity contribution in [2.24, 2.45) is 0 Å². The summed E-state index contributed by atoms with van der Waals surface area (Å²) in [6, 6.07) is 17.0. The van der Waals surface area contributed by atoms with Crippen LogP contribution in [0.5, 0.6) is 0 Å². The molecule has 0 unspecified atom stereocenters. The number of halogens is 1. The predicted octanol–water partition coefficient (Wildman–Crippen LogP) is 5.23. The standard InChI is InChI=1S/C24H25ClN2O3/c1-16-21(22(25)27(26-16)14-17-8-6-5-7-9-17)23(29)30-15-20(28)18-10-12-19(13-11-18)24(2,3)4/h5-13H,14-15H2,1-4H3. The summed E-state index contributed by atoms with van der Waals surface area (Å²) in [6.07, 6.45) is 0. The summed E-state index contributed by atoms with van der Waals surface area (Å²) in [4.78, 5) is 25.0. The lowest BCUT2D eigenvalue weighted by atomic mass is 9.86. The minimum Gasteiger partial charge on any atom is -0.454 e. The average Bonchev–Trinajstić information content (AvgIpc) is 2.99. The first-order valence-corrected chi connectivity index (χ1v) is 10.1. The van der Waals surface area contributed by atoms with E-state index in [2.05, 4.69) is 25.9 Å². The fourth-order valence-corrected chi connectivity index (χ4v) is 3.40. The summed E-state index contributed by atoms with van der Waals surface area (Å²) < 4.78 is 6.79. The number of esters is 1. The van der Waals surface area contributed by atoms with Crippen LogP contribution in [0.2, 0.25) is 5.15 Å². The van der Waals surface area contributed by atoms with Crippen molar-refractivity contribution in [1.82, 2.24) is 9.78 Å². The molecule has 3 rings (SSSR count). The van der Waals surface area contributed by atoms with Gasteiger partial charge in [0.2, 0.25) is 0 Å². The number of hydrogen-bond donors (Lipinski definition) is 0. The van der Waals surface area contributed by atoms with Crippen LogP contribution >= 0.6 is 11.6 Å². The van der Waals surface area contributed by atoms with Gasteiger partial charge in [-0.15, -0.1) is 0 Å². The van der Waals surface area contributed by atoms with Gasteiger partial charge < -0.3 is 4.74 Å². The molecule has 1 aromatic heterocycles. The van der Waals surface area contributed by atoms with Crippen molar-refractivity contribution >= 4 is 23.4 Å². The summed E-state index contributed by atoms with van der Waals surface area (Å²) >= 11 is 6.38. The molecule has 0 aliphatic rings. The first-order valence-electron chi connectivity index (χ1n) is 9.74. The highest BCUT2D eigenvalue weighted by atomic mass is 35.5. The number of hydrogen-bond acceptors (Lipinski definition) is 4. The van der Waals surface area contributed by atoms with Gasteiger partial charge >= 0.3 is 5.97 Å². The first kappa shape index (κ1) is 21.8. The van der Waals surface area contributed by atoms with Gasteiger partial charge in [-0.2, -0.15) is 5.10 Å². The molecular formula is C24H25ClN2O3. The zero-order chi connectivity index (χ0) is 21.9. The summed E-state index contributed by atoms with van der Waals surface area (Å²) in [5.41, 5.74) is 3.28. The largest absolute Gasteiger partial charge is 0.454 e. The molecule has 0 aliphatic heterocycles. The van der Waals surface area contributed by atoms with Crippen LogP contribution in [0.25, 0.3) is 0 Å². The molecule has 0 amide bonds. The molecule has 1 heterocycles. The Morgan fingerprint density at radius 3 is 2.27 bits per heavy atom. The molecule has 0 fully saturated rings. The van der Waals surface area contributed by atoms with E-state index in [1.165, 1.54) is 0 Å². The molecule has 0 spiro atoms. The number of ether oxygens (including phenoxy) is 1. The molecule has 0 bridgehead atoms. The van der Waals surface area contributed by atoms with E-state index in [4.69, 9.17) is 16.3 Å². The fourth-order valence-electron chi connectivity index (χ4n) is 3.09. The van der Waals surface area contributed by atoms with E-state index in [0.29, 0.717) is 17.8 Å². The van der Waals surface area contributed by atoms with E-state index in [0.717, 1.165) is 11.1 Å². The number of aryl methyl sites for hydroxylation is 1. The highest BCUT2D eigenvalue weighted by molar-refractivity contribution is 6.32. The maximum Gasteiger partial charge on any atom is 0.343 e. The van der Waals surface area contributed by atoms with E-state index in [1.54, 1.807) is 23.7 Å². The third-order valence-corrected chi connectivity index (χ3v) is 5.24. The smallest absolute Gasteiger partial charge is 0.343 e. The molecule has 2 aromatic carbocycles. The molecule has 0 radical (unpaired) electrons. The molecule has 156 valence electrons. The van der Waals surface area contributed by atoms with Gasteiger partial charge in [-0.05, 0) is 23.5 Å². The van der Waals surface area contributed by atoms with Gasteiger partial charge in [0, 0.05) is 5.56 Å². The number of benzene rings is 2. The Kier molecular flexibility index (Phi) is 6.42. The van der Waals surface area contributed by atoms with Crippen LogP contribution in [-0.4, -0.2) is 28.1 Å². The van der Waals surface area contributed by atoms with E-state index < -0.39 is 5.97 Å². The monoisotopic (exact) mass is 424 g/mol. The number of rotatable bonds is 6. The average molecular weight is 425 g/mol. The van der Waals surface area contributed by atoms with Gasteiger partial charge in [-0.25, -0.2) is 9.48 Å². The Balaban J connectivity index is 1.67. The maximum atomic E-state index is 12.6. The second kappa shape index (κ2) is 8.84. The lowest BCUT2D eigenvalue weighted by molar-refractivity contribution is 0.0474. The Morgan fingerprint density at radius 1 is 1.03 bits per heavy atom. The van der Waals surface area contributed by atoms with E-state index >= 15 is 0 Å². The summed E-state index contributed by atoms with van der Waals surface area (Å²) in [6.45, 7) is 8.10. The second-order valence-electron chi connectivity index (χ2n) is 8.22. The zero-order valence-electron chi connectivity index (χ0n) is 17.6. The van der Waals surface area contributed by atoms with Crippen LogP contribution in [0, 0.1) is 6.92 Å². The molecule has 0 N–H and O–H groups in total. The van der Waals surface area contributed by atoms with Crippen molar-refractivity contribution in [2.45, 2.75) is 39.7 Å². The topological polar surface area (TPSA) is 61.2 Å². The minimum atomic E-state index is -0.656. The minimum absolute atomic E-state index is 0.00221. The van der Waals surface area contributed by atoms with Gasteiger partial charge in [0.25, 0.3) is 0 Å². The normalized spacial score (nSPS) is 11.4. The fraction of sp³-hybridized carbons (Fsp3) is 0.292. The van der Waals surface area contributed by atoms with E-state index in [9.17, 15) is 9.59 Å². The number of carbonyl (C=O) groups excluding carboxylic acids is 2. The SMILES string of the molecule is Cc1nn(Cc2ccccc2)c(Cl)c1C(=O)OCC(=O)c1ccc(C(C)(C)C)cc1. The summed E-state index contributed by atoms with van der Waals surface area (Å²) in [7, 11) is 0. The Hall–Kier alpha value is -2.92. The molecule has 30 heavy (non-hydrogen) atoms. The highest BCUT2D eigenvalue weighted by Gasteiger charge is 2.23. The molecule has 0 saturated heterocycles. The molecule has 3 aromatic rings. The van der Waals surface area contributed by atoms with Crippen LogP contribution in [0.15, 0.2) is 54.6 Å². The van der Waals surface area contributed by atoms with Crippen LogP contribution in [0.1, 0.15) is 58.3 Å². The number of nitrogens with zero attached hydrogens (tertiary/aromatic N) is 2. The van der Waals surface area contributed by atoms with Crippen LogP contribution in [0.4, 0.5) is 0 Å². The number of carbonyl (C=O) groups is 2. The molecule has 6 heteroatoms. The maximum absolute atomic E-state index is 12.6.